The predicted octanol–water partition coefficient (Wildman–Crippen LogP) is 6.19. The number of carbonyl (C=O) groups excluding carboxylic acids is 2. The van der Waals surface area contributed by atoms with Gasteiger partial charge in [-0.15, -0.1) is 0 Å². The minimum absolute atomic E-state index is 0.0344. The Morgan fingerprint density at radius 1 is 1.05 bits per heavy atom. The molecule has 194 valence electrons. The molecular weight excluding hydrogens is 484 g/mol. The molecule has 2 aromatic carbocycles. The van der Waals surface area contributed by atoms with Gasteiger partial charge in [0.2, 0.25) is 5.91 Å². The van der Waals surface area contributed by atoms with Crippen LogP contribution in [0.25, 0.3) is 11.3 Å². The highest BCUT2D eigenvalue weighted by molar-refractivity contribution is 6.30. The minimum Gasteiger partial charge on any atom is -0.341 e. The van der Waals surface area contributed by atoms with Crippen molar-refractivity contribution in [2.75, 3.05) is 26.2 Å². The second-order valence-electron chi connectivity index (χ2n) is 10.3. The summed E-state index contributed by atoms with van der Waals surface area (Å²) in [5, 5.41) is 5.50. The number of piperidine rings is 1. The van der Waals surface area contributed by atoms with E-state index in [-0.39, 0.29) is 24.4 Å². The average Bonchev–Trinajstić information content (AvgIpc) is 3.38. The fourth-order valence-electron chi connectivity index (χ4n) is 5.61. The third kappa shape index (κ3) is 5.74. The number of benzene rings is 2. The van der Waals surface area contributed by atoms with Crippen LogP contribution in [-0.4, -0.2) is 57.6 Å². The van der Waals surface area contributed by atoms with E-state index in [0.717, 1.165) is 56.3 Å². The van der Waals surface area contributed by atoms with E-state index in [0.29, 0.717) is 29.7 Å². The number of nitrogens with zero attached hydrogens (tertiary/aromatic N) is 4. The summed E-state index contributed by atoms with van der Waals surface area (Å²) in [6, 6.07) is 19.9. The number of likely N-dealkylation sites (tertiary alicyclic amines) is 1. The van der Waals surface area contributed by atoms with Gasteiger partial charge in [0.1, 0.15) is 12.2 Å². The van der Waals surface area contributed by atoms with Crippen LogP contribution in [0.15, 0.2) is 60.7 Å². The summed E-state index contributed by atoms with van der Waals surface area (Å²) >= 11 is 6.07. The zero-order chi connectivity index (χ0) is 25.8. The van der Waals surface area contributed by atoms with Crippen LogP contribution in [0.3, 0.4) is 0 Å². The lowest BCUT2D eigenvalue weighted by molar-refractivity contribution is -0.133. The maximum Gasteiger partial charge on any atom is 0.272 e. The normalized spacial score (nSPS) is 19.7. The molecule has 0 radical (unpaired) electrons. The quantitative estimate of drug-likeness (QED) is 0.334. The molecule has 0 saturated carbocycles. The fraction of sp³-hybridized carbons (Fsp3) is 0.433. The van der Waals surface area contributed by atoms with E-state index < -0.39 is 0 Å². The Balaban J connectivity index is 1.33. The number of hydrogen-bond acceptors (Lipinski definition) is 3. The van der Waals surface area contributed by atoms with Gasteiger partial charge in [-0.05, 0) is 43.0 Å². The number of amides is 2. The lowest BCUT2D eigenvalue weighted by Crippen LogP contribution is -2.50. The van der Waals surface area contributed by atoms with Crippen LogP contribution in [0.2, 0.25) is 5.02 Å². The summed E-state index contributed by atoms with van der Waals surface area (Å²) < 4.78 is 1.90. The number of fused-ring (bicyclic) bond motifs is 1. The molecule has 0 spiro atoms. The van der Waals surface area contributed by atoms with E-state index in [1.54, 1.807) is 4.90 Å². The summed E-state index contributed by atoms with van der Waals surface area (Å²) in [4.78, 5) is 30.7. The lowest BCUT2D eigenvalue weighted by atomic mass is 9.90. The van der Waals surface area contributed by atoms with Crippen LogP contribution in [0.5, 0.6) is 0 Å². The number of aromatic nitrogens is 2. The highest BCUT2D eigenvalue weighted by atomic mass is 35.5. The molecule has 3 heterocycles. The SMILES string of the molecule is CCCCCC1CN(CC(=O)N2CCCC(c3ccccc3)C2)C(=O)c2cc(-c3ccc(Cl)cc3)nn21. The van der Waals surface area contributed by atoms with Crippen molar-refractivity contribution in [3.05, 3.63) is 76.9 Å². The van der Waals surface area contributed by atoms with Crippen molar-refractivity contribution in [2.24, 2.45) is 0 Å². The first-order valence-corrected chi connectivity index (χ1v) is 13.9. The zero-order valence-corrected chi connectivity index (χ0v) is 22.2. The molecule has 0 N–H and O–H groups in total. The number of rotatable bonds is 8. The predicted molar refractivity (Wildman–Crippen MR) is 147 cm³/mol. The molecule has 2 aliphatic heterocycles. The summed E-state index contributed by atoms with van der Waals surface area (Å²) in [6.45, 7) is 4.28. The van der Waals surface area contributed by atoms with Gasteiger partial charge >= 0.3 is 0 Å². The molecule has 2 amide bonds. The van der Waals surface area contributed by atoms with Crippen molar-refractivity contribution in [2.45, 2.75) is 57.4 Å². The maximum absolute atomic E-state index is 13.6. The smallest absolute Gasteiger partial charge is 0.272 e. The highest BCUT2D eigenvalue weighted by Gasteiger charge is 2.35. The van der Waals surface area contributed by atoms with Gasteiger partial charge in [0.25, 0.3) is 5.91 Å². The average molecular weight is 519 g/mol. The number of halogens is 1. The Bertz CT molecular complexity index is 1220. The second kappa shape index (κ2) is 11.5. The molecule has 37 heavy (non-hydrogen) atoms. The van der Waals surface area contributed by atoms with Gasteiger partial charge in [-0.3, -0.25) is 14.3 Å². The largest absolute Gasteiger partial charge is 0.341 e. The van der Waals surface area contributed by atoms with E-state index in [1.807, 2.05) is 46.0 Å². The van der Waals surface area contributed by atoms with Crippen molar-refractivity contribution in [1.29, 1.82) is 0 Å². The third-order valence-corrected chi connectivity index (χ3v) is 7.92. The first-order valence-electron chi connectivity index (χ1n) is 13.5. The van der Waals surface area contributed by atoms with Crippen molar-refractivity contribution in [1.82, 2.24) is 19.6 Å². The Morgan fingerprint density at radius 2 is 1.84 bits per heavy atom. The molecule has 1 saturated heterocycles. The highest BCUT2D eigenvalue weighted by Crippen LogP contribution is 2.31. The molecule has 0 aliphatic carbocycles. The van der Waals surface area contributed by atoms with Crippen LogP contribution < -0.4 is 0 Å². The standard InChI is InChI=1S/C30H35ClN4O2/c1-2-3-5-12-26-20-34(21-29(36)33-17-8-11-24(19-33)22-9-6-4-7-10-22)30(37)28-18-27(32-35(26)28)23-13-15-25(31)16-14-23/h4,6-7,9-10,13-16,18,24,26H,2-3,5,8,11-12,17,19-21H2,1H3. The first-order chi connectivity index (χ1) is 18.0. The van der Waals surface area contributed by atoms with Crippen LogP contribution >= 0.6 is 11.6 Å². The molecule has 2 unspecified atom stereocenters. The molecule has 5 rings (SSSR count). The van der Waals surface area contributed by atoms with Gasteiger partial charge in [0.05, 0.1) is 11.7 Å². The van der Waals surface area contributed by atoms with Crippen LogP contribution in [0, 0.1) is 0 Å². The summed E-state index contributed by atoms with van der Waals surface area (Å²) in [5.74, 6) is 0.262. The number of carbonyl (C=O) groups is 2. The molecule has 1 fully saturated rings. The Hall–Kier alpha value is -3.12. The molecular formula is C30H35ClN4O2. The van der Waals surface area contributed by atoms with E-state index in [4.69, 9.17) is 16.7 Å². The number of hydrogen-bond donors (Lipinski definition) is 0. The first kappa shape index (κ1) is 25.5. The van der Waals surface area contributed by atoms with Crippen molar-refractivity contribution in [3.8, 4) is 11.3 Å². The molecule has 2 atom stereocenters. The van der Waals surface area contributed by atoms with Crippen molar-refractivity contribution in [3.63, 3.8) is 0 Å². The molecule has 6 nitrogen and oxygen atoms in total. The maximum atomic E-state index is 13.6. The second-order valence-corrected chi connectivity index (χ2v) is 10.7. The minimum atomic E-state index is -0.121. The zero-order valence-electron chi connectivity index (χ0n) is 21.5. The summed E-state index contributed by atoms with van der Waals surface area (Å²) in [6.07, 6.45) is 6.34. The van der Waals surface area contributed by atoms with Crippen LogP contribution in [0.4, 0.5) is 0 Å². The topological polar surface area (TPSA) is 58.4 Å². The summed E-state index contributed by atoms with van der Waals surface area (Å²) in [5.41, 5.74) is 3.53. The Morgan fingerprint density at radius 3 is 2.59 bits per heavy atom. The fourth-order valence-corrected chi connectivity index (χ4v) is 5.74. The molecule has 0 bridgehead atoms. The van der Waals surface area contributed by atoms with Gasteiger partial charge in [-0.1, -0.05) is 80.3 Å². The third-order valence-electron chi connectivity index (χ3n) is 7.67. The van der Waals surface area contributed by atoms with Gasteiger partial charge in [-0.25, -0.2) is 0 Å². The Kier molecular flexibility index (Phi) is 7.94. The van der Waals surface area contributed by atoms with E-state index in [1.165, 1.54) is 5.56 Å². The monoisotopic (exact) mass is 518 g/mol. The molecule has 2 aliphatic rings. The summed E-state index contributed by atoms with van der Waals surface area (Å²) in [7, 11) is 0. The lowest BCUT2D eigenvalue weighted by Gasteiger charge is -2.37. The van der Waals surface area contributed by atoms with Crippen molar-refractivity contribution < 1.29 is 9.59 Å². The van der Waals surface area contributed by atoms with Crippen LogP contribution in [0.1, 0.15) is 73.5 Å². The van der Waals surface area contributed by atoms with Crippen molar-refractivity contribution >= 4 is 23.4 Å². The number of unbranched alkanes of at least 4 members (excludes halogenated alkanes) is 2. The molecule has 3 aromatic rings. The van der Waals surface area contributed by atoms with E-state index >= 15 is 0 Å². The van der Waals surface area contributed by atoms with E-state index in [2.05, 4.69) is 31.2 Å². The van der Waals surface area contributed by atoms with Gasteiger partial charge < -0.3 is 9.80 Å². The van der Waals surface area contributed by atoms with Gasteiger partial charge in [0, 0.05) is 36.1 Å². The van der Waals surface area contributed by atoms with Crippen LogP contribution in [-0.2, 0) is 4.79 Å². The molecule has 1 aromatic heterocycles. The Labute approximate surface area is 224 Å². The van der Waals surface area contributed by atoms with Gasteiger partial charge in [-0.2, -0.15) is 5.10 Å². The van der Waals surface area contributed by atoms with Gasteiger partial charge in [0.15, 0.2) is 0 Å². The van der Waals surface area contributed by atoms with E-state index in [9.17, 15) is 9.59 Å². The molecule has 7 heteroatoms.